The molecule has 6 fully saturated rings. The molecular weight excluding hydrogens is 741 g/mol. The molecule has 316 valence electrons. The third-order valence-electron chi connectivity index (χ3n) is 18.9. The van der Waals surface area contributed by atoms with E-state index in [1.165, 1.54) is 6.42 Å². The minimum atomic E-state index is -0.801. The third kappa shape index (κ3) is 6.67. The lowest BCUT2D eigenvalue weighted by Gasteiger charge is -2.58. The van der Waals surface area contributed by atoms with E-state index in [2.05, 4.69) is 52.1 Å². The Morgan fingerprint density at radius 3 is 1.39 bits per heavy atom. The highest BCUT2D eigenvalue weighted by molar-refractivity contribution is 7.10. The number of hydrogen-bond acceptors (Lipinski definition) is 9. The largest absolute Gasteiger partial charge is 0.396 e. The van der Waals surface area contributed by atoms with Gasteiger partial charge in [0.15, 0.2) is 0 Å². The Labute approximate surface area is 345 Å². The zero-order valence-electron chi connectivity index (χ0n) is 34.9. The summed E-state index contributed by atoms with van der Waals surface area (Å²) in [6.45, 7) is 12.2. The Hall–Kier alpha value is -0.880. The molecule has 2 aromatic rings. The summed E-state index contributed by atoms with van der Waals surface area (Å²) >= 11 is 3.31. The van der Waals surface area contributed by atoms with Crippen molar-refractivity contribution in [1.29, 1.82) is 0 Å². The van der Waals surface area contributed by atoms with Crippen LogP contribution in [0.25, 0.3) is 0 Å². The number of aliphatic hydroxyl groups excluding tert-OH is 5. The molecular formula is C47H74O7S2. The van der Waals surface area contributed by atoms with E-state index in [0.717, 1.165) is 86.8 Å². The van der Waals surface area contributed by atoms with Crippen LogP contribution in [-0.4, -0.2) is 68.3 Å². The number of hydrogen-bond donors (Lipinski definition) is 7. The molecule has 8 rings (SSSR count). The van der Waals surface area contributed by atoms with E-state index in [1.807, 2.05) is 17.5 Å². The van der Waals surface area contributed by atoms with Gasteiger partial charge in [-0.15, -0.1) is 22.7 Å². The average molecular weight is 815 g/mol. The Balaban J connectivity index is 0.000000172. The quantitative estimate of drug-likeness (QED) is 0.142. The fourth-order valence-corrected chi connectivity index (χ4v) is 17.1. The SMILES string of the molecule is C[C@H]1CC[C@](C)([C@H]2CC[C@@]3(C)[C@@H](CC[C@@]3(O)c3cccs3)[C@@H]2CO)[C@@H](CO)C1.C[C@]1([C@H]2CC[C@@]3(C)[C@@H](CC[C@@]3(O)c3cccs3)[C@@H]2CO)CC[C@H](O)C[C@@H]1CO. The molecule has 0 radical (unpaired) electrons. The van der Waals surface area contributed by atoms with Gasteiger partial charge in [-0.25, -0.2) is 0 Å². The molecule has 0 saturated heterocycles. The van der Waals surface area contributed by atoms with Gasteiger partial charge in [-0.2, -0.15) is 0 Å². The summed E-state index contributed by atoms with van der Waals surface area (Å²) in [5.74, 6) is 2.85. The van der Waals surface area contributed by atoms with Crippen molar-refractivity contribution in [2.75, 3.05) is 26.4 Å². The van der Waals surface area contributed by atoms with Crippen molar-refractivity contribution < 1.29 is 35.7 Å². The molecule has 2 aromatic heterocycles. The standard InChI is InChI=1S/C24H38O3S.C23H36O4S/c1-16-6-9-22(2,17(13-16)14-25)19-7-10-23(3)20(18(19)15-26)8-11-24(23,27)21-5-4-12-28-21;1-21(8-5-16(26)12-15(21)13-24)18-6-9-22(2)19(17(18)14-25)7-10-23(22,27)20-4-3-11-28-20/h4-5,12,16-20,25-27H,6-11,13-15H2,1-3H3;3-4,11,15-19,24-27H,5-10,12-14H2,1-2H3/t16-,17+,18+,19-,20-,22-,23-,24+;15-,16+,17-,18+,19+,21+,22+,23-/m01/s1. The van der Waals surface area contributed by atoms with Gasteiger partial charge in [0.05, 0.1) is 6.10 Å². The third-order valence-corrected chi connectivity index (χ3v) is 20.9. The van der Waals surface area contributed by atoms with E-state index in [9.17, 15) is 35.7 Å². The van der Waals surface area contributed by atoms with Crippen molar-refractivity contribution in [2.24, 2.45) is 74.9 Å². The average Bonchev–Trinajstić information content (AvgIpc) is 4.02. The maximum Gasteiger partial charge on any atom is 0.104 e. The van der Waals surface area contributed by atoms with Crippen molar-refractivity contribution in [2.45, 2.75) is 142 Å². The van der Waals surface area contributed by atoms with Crippen LogP contribution in [0.2, 0.25) is 0 Å². The summed E-state index contributed by atoms with van der Waals surface area (Å²) in [4.78, 5) is 2.16. The van der Waals surface area contributed by atoms with Crippen LogP contribution in [0.4, 0.5) is 0 Å². The Morgan fingerprint density at radius 1 is 0.554 bits per heavy atom. The summed E-state index contributed by atoms with van der Waals surface area (Å²) in [5.41, 5.74) is -1.92. The van der Waals surface area contributed by atoms with Crippen LogP contribution in [0.15, 0.2) is 35.0 Å². The highest BCUT2D eigenvalue weighted by Gasteiger charge is 2.66. The van der Waals surface area contributed by atoms with Gasteiger partial charge < -0.3 is 35.7 Å². The van der Waals surface area contributed by atoms with Crippen LogP contribution in [0.5, 0.6) is 0 Å². The van der Waals surface area contributed by atoms with Crippen LogP contribution in [0.3, 0.4) is 0 Å². The van der Waals surface area contributed by atoms with Gasteiger partial charge in [-0.1, -0.05) is 53.2 Å². The molecule has 6 saturated carbocycles. The lowest BCUT2D eigenvalue weighted by Crippen LogP contribution is -2.55. The molecule has 0 amide bonds. The van der Waals surface area contributed by atoms with Crippen molar-refractivity contribution in [3.63, 3.8) is 0 Å². The molecule has 0 spiro atoms. The maximum absolute atomic E-state index is 11.8. The second-order valence-corrected chi connectivity index (χ2v) is 22.8. The molecule has 7 nitrogen and oxygen atoms in total. The summed E-state index contributed by atoms with van der Waals surface area (Å²) in [7, 11) is 0. The fraction of sp³-hybridized carbons (Fsp3) is 0.830. The van der Waals surface area contributed by atoms with Crippen molar-refractivity contribution in [1.82, 2.24) is 0 Å². The van der Waals surface area contributed by atoms with Crippen LogP contribution < -0.4 is 0 Å². The maximum atomic E-state index is 11.8. The van der Waals surface area contributed by atoms with E-state index in [1.54, 1.807) is 22.7 Å². The summed E-state index contributed by atoms with van der Waals surface area (Å²) in [6.07, 6.45) is 13.0. The van der Waals surface area contributed by atoms with Gasteiger partial charge in [0.25, 0.3) is 0 Å². The van der Waals surface area contributed by atoms with Crippen LogP contribution in [0, 0.1) is 74.9 Å². The van der Waals surface area contributed by atoms with Crippen LogP contribution in [0.1, 0.15) is 134 Å². The minimum absolute atomic E-state index is 0.0632. The predicted octanol–water partition coefficient (Wildman–Crippen LogP) is 8.34. The smallest absolute Gasteiger partial charge is 0.104 e. The molecule has 2 heterocycles. The summed E-state index contributed by atoms with van der Waals surface area (Å²) < 4.78 is 0. The fourth-order valence-electron chi connectivity index (χ4n) is 15.2. The van der Waals surface area contributed by atoms with Gasteiger partial charge in [0.2, 0.25) is 0 Å². The highest BCUT2D eigenvalue weighted by atomic mass is 32.1. The van der Waals surface area contributed by atoms with Gasteiger partial charge in [0.1, 0.15) is 11.2 Å². The number of fused-ring (bicyclic) bond motifs is 2. The second-order valence-electron chi connectivity index (χ2n) is 20.9. The molecule has 56 heavy (non-hydrogen) atoms. The topological polar surface area (TPSA) is 142 Å². The van der Waals surface area contributed by atoms with Crippen molar-refractivity contribution >= 4 is 22.7 Å². The zero-order chi connectivity index (χ0) is 40.3. The Kier molecular flexibility index (Phi) is 12.5. The van der Waals surface area contributed by atoms with E-state index < -0.39 is 11.2 Å². The van der Waals surface area contributed by atoms with E-state index in [0.29, 0.717) is 36.0 Å². The lowest BCUT2D eigenvalue weighted by molar-refractivity contribution is -0.152. The second kappa shape index (κ2) is 16.2. The van der Waals surface area contributed by atoms with E-state index in [4.69, 9.17) is 0 Å². The monoisotopic (exact) mass is 814 g/mol. The van der Waals surface area contributed by atoms with E-state index in [-0.39, 0.29) is 77.9 Å². The molecule has 7 N–H and O–H groups in total. The molecule has 16 atom stereocenters. The van der Waals surface area contributed by atoms with E-state index >= 15 is 0 Å². The zero-order valence-corrected chi connectivity index (χ0v) is 36.5. The molecule has 9 heteroatoms. The van der Waals surface area contributed by atoms with Crippen molar-refractivity contribution in [3.05, 3.63) is 44.8 Å². The van der Waals surface area contributed by atoms with Crippen LogP contribution in [-0.2, 0) is 11.2 Å². The van der Waals surface area contributed by atoms with Gasteiger partial charge in [-0.3, -0.25) is 0 Å². The molecule has 0 aliphatic heterocycles. The van der Waals surface area contributed by atoms with Gasteiger partial charge in [0, 0.05) is 47.0 Å². The molecule has 6 aliphatic rings. The first-order valence-corrected chi connectivity index (χ1v) is 24.0. The normalized spacial score (nSPS) is 49.1. The summed E-state index contributed by atoms with van der Waals surface area (Å²) in [6, 6.07) is 8.21. The molecule has 0 aromatic carbocycles. The minimum Gasteiger partial charge on any atom is -0.396 e. The summed E-state index contributed by atoms with van der Waals surface area (Å²) in [5, 5.41) is 79.1. The van der Waals surface area contributed by atoms with Gasteiger partial charge in [-0.05, 0) is 170 Å². The first kappa shape index (κ1) is 43.2. The molecule has 6 aliphatic carbocycles. The predicted molar refractivity (Wildman–Crippen MR) is 225 cm³/mol. The van der Waals surface area contributed by atoms with Gasteiger partial charge >= 0.3 is 0 Å². The first-order chi connectivity index (χ1) is 26.6. The van der Waals surface area contributed by atoms with Crippen molar-refractivity contribution in [3.8, 4) is 0 Å². The van der Waals surface area contributed by atoms with Crippen LogP contribution >= 0.6 is 22.7 Å². The number of thiophene rings is 2. The molecule has 0 bridgehead atoms. The Bertz CT molecular complexity index is 1470. The molecule has 0 unspecified atom stereocenters. The first-order valence-electron chi connectivity index (χ1n) is 22.2. The lowest BCUT2D eigenvalue weighted by atomic mass is 9.48. The highest BCUT2D eigenvalue weighted by Crippen LogP contribution is 2.69. The number of rotatable bonds is 8. The number of aliphatic hydroxyl groups is 7. The Morgan fingerprint density at radius 2 is 0.982 bits per heavy atom.